The molecule has 0 aliphatic rings. The summed E-state index contributed by atoms with van der Waals surface area (Å²) in [5, 5.41) is 13.7. The van der Waals surface area contributed by atoms with Gasteiger partial charge >= 0.3 is 0 Å². The fourth-order valence-electron chi connectivity index (χ4n) is 2.58. The van der Waals surface area contributed by atoms with Gasteiger partial charge in [0.25, 0.3) is 11.6 Å². The molecule has 0 bridgehead atoms. The predicted molar refractivity (Wildman–Crippen MR) is 101 cm³/mol. The van der Waals surface area contributed by atoms with Gasteiger partial charge in [0.15, 0.2) is 0 Å². The Hall–Kier alpha value is -2.60. The molecule has 2 aromatic rings. The Morgan fingerprint density at radius 3 is 2.40 bits per heavy atom. The first kappa shape index (κ1) is 18.7. The summed E-state index contributed by atoms with van der Waals surface area (Å²) in [4.78, 5) is 24.8. The molecule has 0 atom stereocenters. The van der Waals surface area contributed by atoms with E-state index < -0.39 is 10.8 Å². The van der Waals surface area contributed by atoms with E-state index in [0.29, 0.717) is 11.7 Å². The van der Waals surface area contributed by atoms with Gasteiger partial charge < -0.3 is 10.2 Å². The minimum Gasteiger partial charge on any atom is -0.369 e. The molecule has 0 fully saturated rings. The summed E-state index contributed by atoms with van der Waals surface area (Å²) >= 11 is 5.76. The summed E-state index contributed by atoms with van der Waals surface area (Å²) in [5.41, 5.74) is 1.57. The largest absolute Gasteiger partial charge is 0.369 e. The van der Waals surface area contributed by atoms with Crippen molar-refractivity contribution in [1.29, 1.82) is 0 Å². The van der Waals surface area contributed by atoms with Gasteiger partial charge in [0, 0.05) is 35.6 Å². The quantitative estimate of drug-likeness (QED) is 0.595. The molecule has 1 N–H and O–H groups in total. The summed E-state index contributed by atoms with van der Waals surface area (Å²) in [7, 11) is 0. The molecule has 1 amide bonds. The molecule has 0 spiro atoms. The molecule has 2 rings (SSSR count). The number of carbonyl (C=O) groups is 1. The van der Waals surface area contributed by atoms with E-state index in [1.54, 1.807) is 0 Å². The first-order valence-corrected chi connectivity index (χ1v) is 8.33. The highest BCUT2D eigenvalue weighted by molar-refractivity contribution is 6.32. The molecule has 0 aromatic heterocycles. The van der Waals surface area contributed by atoms with E-state index in [9.17, 15) is 14.9 Å². The van der Waals surface area contributed by atoms with Gasteiger partial charge in [-0.15, -0.1) is 0 Å². The summed E-state index contributed by atoms with van der Waals surface area (Å²) < 4.78 is 0. The molecular formula is C18H20ClN3O3. The predicted octanol–water partition coefficient (Wildman–Crippen LogP) is 4.74. The second-order valence-electron chi connectivity index (χ2n) is 5.80. The summed E-state index contributed by atoms with van der Waals surface area (Å²) in [6, 6.07) is 11.8. The van der Waals surface area contributed by atoms with E-state index in [1.165, 1.54) is 18.2 Å². The number of nitrogens with zero attached hydrogens (tertiary/aromatic N) is 2. The van der Waals surface area contributed by atoms with E-state index in [0.717, 1.165) is 12.2 Å². The molecule has 7 heteroatoms. The molecule has 0 heterocycles. The molecule has 6 nitrogen and oxygen atoms in total. The fourth-order valence-corrected chi connectivity index (χ4v) is 2.77. The van der Waals surface area contributed by atoms with Crippen molar-refractivity contribution in [2.75, 3.05) is 16.8 Å². The second kappa shape index (κ2) is 7.98. The van der Waals surface area contributed by atoms with Crippen LogP contribution in [0.1, 0.15) is 31.1 Å². The highest BCUT2D eigenvalue weighted by atomic mass is 35.5. The smallest absolute Gasteiger partial charge is 0.288 e. The lowest BCUT2D eigenvalue weighted by molar-refractivity contribution is -0.384. The van der Waals surface area contributed by atoms with Crippen LogP contribution in [0.2, 0.25) is 5.02 Å². The summed E-state index contributed by atoms with van der Waals surface area (Å²) in [5.74, 6) is -0.427. The highest BCUT2D eigenvalue weighted by Crippen LogP contribution is 2.26. The van der Waals surface area contributed by atoms with Crippen molar-refractivity contribution in [2.24, 2.45) is 0 Å². The Morgan fingerprint density at radius 2 is 1.88 bits per heavy atom. The van der Waals surface area contributed by atoms with Crippen LogP contribution in [-0.2, 0) is 0 Å². The summed E-state index contributed by atoms with van der Waals surface area (Å²) in [6.45, 7) is 7.21. The molecular weight excluding hydrogens is 342 g/mol. The van der Waals surface area contributed by atoms with Crippen molar-refractivity contribution in [3.05, 3.63) is 63.2 Å². The second-order valence-corrected chi connectivity index (χ2v) is 6.21. The van der Waals surface area contributed by atoms with Gasteiger partial charge in [-0.2, -0.15) is 0 Å². The standard InChI is InChI=1S/C18H20ClN3O3/c1-4-21(12(2)3)15-8-6-14(7-9-15)20-18(23)13-5-10-16(19)17(11-13)22(24)25/h5-12H,4H2,1-3H3,(H,20,23). The van der Waals surface area contributed by atoms with Crippen LogP contribution in [0, 0.1) is 10.1 Å². The Labute approximate surface area is 151 Å². The van der Waals surface area contributed by atoms with E-state index >= 15 is 0 Å². The first-order valence-electron chi connectivity index (χ1n) is 7.95. The van der Waals surface area contributed by atoms with Gasteiger partial charge in [-0.3, -0.25) is 14.9 Å². The molecule has 0 saturated carbocycles. The van der Waals surface area contributed by atoms with Gasteiger partial charge in [-0.05, 0) is 57.2 Å². The number of hydrogen-bond donors (Lipinski definition) is 1. The fraction of sp³-hybridized carbons (Fsp3) is 0.278. The number of hydrogen-bond acceptors (Lipinski definition) is 4. The van der Waals surface area contributed by atoms with Crippen LogP contribution in [0.4, 0.5) is 17.1 Å². The lowest BCUT2D eigenvalue weighted by atomic mass is 10.1. The van der Waals surface area contributed by atoms with Crippen molar-refractivity contribution in [3.63, 3.8) is 0 Å². The Balaban J connectivity index is 2.16. The Bertz CT molecular complexity index is 776. The maximum Gasteiger partial charge on any atom is 0.288 e. The maximum absolute atomic E-state index is 12.3. The molecule has 0 aliphatic heterocycles. The van der Waals surface area contributed by atoms with Gasteiger partial charge in [0.1, 0.15) is 5.02 Å². The number of nitro groups is 1. The number of benzene rings is 2. The van der Waals surface area contributed by atoms with Crippen LogP contribution < -0.4 is 10.2 Å². The molecule has 25 heavy (non-hydrogen) atoms. The average Bonchev–Trinajstić information content (AvgIpc) is 2.56. The van der Waals surface area contributed by atoms with E-state index in [4.69, 9.17) is 11.6 Å². The van der Waals surface area contributed by atoms with Crippen LogP contribution in [0.15, 0.2) is 42.5 Å². The van der Waals surface area contributed by atoms with Crippen LogP contribution in [0.25, 0.3) is 0 Å². The normalized spacial score (nSPS) is 10.6. The number of nitrogens with one attached hydrogen (secondary N) is 1. The number of halogens is 1. The minimum atomic E-state index is -0.612. The van der Waals surface area contributed by atoms with Crippen LogP contribution >= 0.6 is 11.6 Å². The molecule has 2 aromatic carbocycles. The third kappa shape index (κ3) is 4.48. The van der Waals surface area contributed by atoms with E-state index in [-0.39, 0.29) is 16.3 Å². The zero-order chi connectivity index (χ0) is 18.6. The first-order chi connectivity index (χ1) is 11.8. The number of amides is 1. The topological polar surface area (TPSA) is 75.5 Å². The van der Waals surface area contributed by atoms with Gasteiger partial charge in [0.2, 0.25) is 0 Å². The maximum atomic E-state index is 12.3. The molecule has 132 valence electrons. The zero-order valence-corrected chi connectivity index (χ0v) is 15.1. The lowest BCUT2D eigenvalue weighted by Gasteiger charge is -2.27. The molecule has 0 saturated heterocycles. The van der Waals surface area contributed by atoms with Crippen molar-refractivity contribution in [3.8, 4) is 0 Å². The van der Waals surface area contributed by atoms with Crippen LogP contribution in [-0.4, -0.2) is 23.4 Å². The number of carbonyl (C=O) groups excluding carboxylic acids is 1. The molecule has 0 aliphatic carbocycles. The molecule has 0 radical (unpaired) electrons. The van der Waals surface area contributed by atoms with Crippen molar-refractivity contribution < 1.29 is 9.72 Å². The highest BCUT2D eigenvalue weighted by Gasteiger charge is 2.16. The van der Waals surface area contributed by atoms with Crippen molar-refractivity contribution in [1.82, 2.24) is 0 Å². The van der Waals surface area contributed by atoms with Gasteiger partial charge in [-0.1, -0.05) is 11.6 Å². The minimum absolute atomic E-state index is 0.000699. The SMILES string of the molecule is CCN(c1ccc(NC(=O)c2ccc(Cl)c([N+](=O)[O-])c2)cc1)C(C)C. The Morgan fingerprint density at radius 1 is 1.24 bits per heavy atom. The lowest BCUT2D eigenvalue weighted by Crippen LogP contribution is -2.30. The van der Waals surface area contributed by atoms with Crippen molar-refractivity contribution >= 4 is 34.6 Å². The van der Waals surface area contributed by atoms with E-state index in [1.807, 2.05) is 24.3 Å². The summed E-state index contributed by atoms with van der Waals surface area (Å²) in [6.07, 6.45) is 0. The van der Waals surface area contributed by atoms with Crippen LogP contribution in [0.5, 0.6) is 0 Å². The monoisotopic (exact) mass is 361 g/mol. The molecule has 0 unspecified atom stereocenters. The zero-order valence-electron chi connectivity index (χ0n) is 14.3. The van der Waals surface area contributed by atoms with Crippen LogP contribution in [0.3, 0.4) is 0 Å². The van der Waals surface area contributed by atoms with Crippen molar-refractivity contribution in [2.45, 2.75) is 26.8 Å². The average molecular weight is 362 g/mol. The van der Waals surface area contributed by atoms with Gasteiger partial charge in [-0.25, -0.2) is 0 Å². The number of rotatable bonds is 6. The third-order valence-corrected chi connectivity index (χ3v) is 4.15. The number of anilines is 2. The third-order valence-electron chi connectivity index (χ3n) is 3.83. The van der Waals surface area contributed by atoms with Gasteiger partial charge in [0.05, 0.1) is 4.92 Å². The number of nitro benzene ring substituents is 1. The Kier molecular flexibility index (Phi) is 5.98. The van der Waals surface area contributed by atoms with E-state index in [2.05, 4.69) is 31.0 Å².